The highest BCUT2D eigenvalue weighted by Gasteiger charge is 2.33. The van der Waals surface area contributed by atoms with E-state index in [9.17, 15) is 22.8 Å². The van der Waals surface area contributed by atoms with Crippen molar-refractivity contribution < 1.29 is 22.8 Å². The van der Waals surface area contributed by atoms with Crippen molar-refractivity contribution >= 4 is 34.0 Å². The maximum atomic E-state index is 12.5. The van der Waals surface area contributed by atoms with Gasteiger partial charge in [0.15, 0.2) is 5.13 Å². The van der Waals surface area contributed by atoms with Gasteiger partial charge in [-0.05, 0) is 12.1 Å². The van der Waals surface area contributed by atoms with Gasteiger partial charge in [0.25, 0.3) is 5.91 Å². The number of hydrogen-bond acceptors (Lipinski definition) is 4. The molecular weight excluding hydrogens is 319 g/mol. The van der Waals surface area contributed by atoms with Crippen LogP contribution in [0.1, 0.15) is 22.2 Å². The zero-order valence-electron chi connectivity index (χ0n) is 11.2. The minimum absolute atomic E-state index is 0.126. The molecule has 1 heterocycles. The molecular formula is C13H10F3N3O2S. The third kappa shape index (κ3) is 3.82. The molecule has 0 saturated carbocycles. The number of carbonyl (C=O) groups is 2. The number of rotatable bonds is 3. The molecule has 0 aliphatic carbocycles. The standard InChI is InChI=1S/C13H10F3N3O2S/c1-7(20)18-9-5-3-2-4-8(9)11(21)19-12-17-6-10(22-12)13(14,15)16/h2-6H,1H3,(H,18,20)(H,17,19,21). The second-order valence-electron chi connectivity index (χ2n) is 4.21. The van der Waals surface area contributed by atoms with Gasteiger partial charge in [0.05, 0.1) is 17.4 Å². The number of benzene rings is 1. The number of nitrogens with one attached hydrogen (secondary N) is 2. The predicted molar refractivity (Wildman–Crippen MR) is 75.8 cm³/mol. The molecule has 0 bridgehead atoms. The van der Waals surface area contributed by atoms with Gasteiger partial charge in [-0.1, -0.05) is 23.5 Å². The molecule has 22 heavy (non-hydrogen) atoms. The van der Waals surface area contributed by atoms with Crippen LogP contribution < -0.4 is 10.6 Å². The Hall–Kier alpha value is -2.42. The van der Waals surface area contributed by atoms with Crippen LogP contribution in [0.25, 0.3) is 0 Å². The monoisotopic (exact) mass is 329 g/mol. The molecule has 2 amide bonds. The predicted octanol–water partition coefficient (Wildman–Crippen LogP) is 3.37. The Morgan fingerprint density at radius 2 is 1.86 bits per heavy atom. The molecule has 0 unspecified atom stereocenters. The van der Waals surface area contributed by atoms with E-state index in [4.69, 9.17) is 0 Å². The SMILES string of the molecule is CC(=O)Nc1ccccc1C(=O)Nc1ncc(C(F)(F)F)s1. The number of anilines is 2. The number of amides is 2. The van der Waals surface area contributed by atoms with E-state index in [2.05, 4.69) is 15.6 Å². The van der Waals surface area contributed by atoms with Crippen molar-refractivity contribution in [3.63, 3.8) is 0 Å². The van der Waals surface area contributed by atoms with Crippen LogP contribution in [0.4, 0.5) is 24.0 Å². The zero-order chi connectivity index (χ0) is 16.3. The molecule has 9 heteroatoms. The average Bonchev–Trinajstić information content (AvgIpc) is 2.87. The molecule has 0 aliphatic heterocycles. The molecule has 0 spiro atoms. The fourth-order valence-electron chi connectivity index (χ4n) is 1.61. The highest BCUT2D eigenvalue weighted by Crippen LogP contribution is 2.35. The van der Waals surface area contributed by atoms with Gasteiger partial charge >= 0.3 is 6.18 Å². The van der Waals surface area contributed by atoms with Crippen molar-refractivity contribution in [3.8, 4) is 0 Å². The topological polar surface area (TPSA) is 71.1 Å². The maximum Gasteiger partial charge on any atom is 0.427 e. The van der Waals surface area contributed by atoms with Crippen LogP contribution in [0.5, 0.6) is 0 Å². The van der Waals surface area contributed by atoms with E-state index in [0.717, 1.165) is 0 Å². The van der Waals surface area contributed by atoms with Gasteiger partial charge in [0, 0.05) is 6.92 Å². The van der Waals surface area contributed by atoms with Crippen molar-refractivity contribution in [1.29, 1.82) is 0 Å². The van der Waals surface area contributed by atoms with Crippen LogP contribution in [0, 0.1) is 0 Å². The van der Waals surface area contributed by atoms with Gasteiger partial charge in [-0.25, -0.2) is 4.98 Å². The molecule has 0 atom stereocenters. The normalized spacial score (nSPS) is 11.1. The molecule has 1 aromatic carbocycles. The number of halogens is 3. The highest BCUT2D eigenvalue weighted by molar-refractivity contribution is 7.15. The first-order valence-corrected chi connectivity index (χ1v) is 6.80. The smallest absolute Gasteiger partial charge is 0.326 e. The third-order valence-electron chi connectivity index (χ3n) is 2.49. The van der Waals surface area contributed by atoms with E-state index in [-0.39, 0.29) is 22.3 Å². The Bertz CT molecular complexity index is 713. The number of alkyl halides is 3. The van der Waals surface area contributed by atoms with E-state index in [1.165, 1.54) is 19.1 Å². The van der Waals surface area contributed by atoms with Gasteiger partial charge in [-0.15, -0.1) is 0 Å². The molecule has 116 valence electrons. The van der Waals surface area contributed by atoms with Gasteiger partial charge in [0.1, 0.15) is 4.88 Å². The Balaban J connectivity index is 2.19. The van der Waals surface area contributed by atoms with Gasteiger partial charge in [-0.3, -0.25) is 14.9 Å². The van der Waals surface area contributed by atoms with Gasteiger partial charge < -0.3 is 5.32 Å². The van der Waals surface area contributed by atoms with E-state index in [1.807, 2.05) is 0 Å². The molecule has 1 aromatic heterocycles. The molecule has 2 rings (SSSR count). The number of para-hydroxylation sites is 1. The maximum absolute atomic E-state index is 12.5. The lowest BCUT2D eigenvalue weighted by atomic mass is 10.1. The molecule has 0 aliphatic rings. The number of aromatic nitrogens is 1. The summed E-state index contributed by atoms with van der Waals surface area (Å²) in [7, 11) is 0. The average molecular weight is 329 g/mol. The van der Waals surface area contributed by atoms with Crippen LogP contribution in [-0.4, -0.2) is 16.8 Å². The van der Waals surface area contributed by atoms with Crippen molar-refractivity contribution in [2.75, 3.05) is 10.6 Å². The van der Waals surface area contributed by atoms with Gasteiger partial charge in [0.2, 0.25) is 5.91 Å². The first-order valence-electron chi connectivity index (χ1n) is 5.98. The van der Waals surface area contributed by atoms with Crippen LogP contribution in [0.3, 0.4) is 0 Å². The summed E-state index contributed by atoms with van der Waals surface area (Å²) in [5, 5.41) is 4.58. The lowest BCUT2D eigenvalue weighted by Crippen LogP contribution is -2.16. The Labute approximate surface area is 127 Å². The minimum atomic E-state index is -4.51. The fourth-order valence-corrected chi connectivity index (χ4v) is 2.29. The summed E-state index contributed by atoms with van der Waals surface area (Å²) < 4.78 is 37.4. The first kappa shape index (κ1) is 16.0. The van der Waals surface area contributed by atoms with Crippen molar-refractivity contribution in [1.82, 2.24) is 4.98 Å². The van der Waals surface area contributed by atoms with E-state index in [1.54, 1.807) is 12.1 Å². The summed E-state index contributed by atoms with van der Waals surface area (Å²) in [4.78, 5) is 25.8. The summed E-state index contributed by atoms with van der Waals surface area (Å²) in [6.07, 6.45) is -3.85. The molecule has 5 nitrogen and oxygen atoms in total. The fraction of sp³-hybridized carbons (Fsp3) is 0.154. The van der Waals surface area contributed by atoms with Crippen LogP contribution >= 0.6 is 11.3 Å². The number of carbonyl (C=O) groups excluding carboxylic acids is 2. The van der Waals surface area contributed by atoms with Crippen LogP contribution in [0.15, 0.2) is 30.5 Å². The van der Waals surface area contributed by atoms with Crippen molar-refractivity contribution in [2.45, 2.75) is 13.1 Å². The molecule has 2 aromatic rings. The summed E-state index contributed by atoms with van der Waals surface area (Å²) in [6, 6.07) is 6.15. The zero-order valence-corrected chi connectivity index (χ0v) is 12.0. The molecule has 2 N–H and O–H groups in total. The van der Waals surface area contributed by atoms with E-state index < -0.39 is 17.0 Å². The highest BCUT2D eigenvalue weighted by atomic mass is 32.1. The Morgan fingerprint density at radius 1 is 1.18 bits per heavy atom. The summed E-state index contributed by atoms with van der Waals surface area (Å²) in [6.45, 7) is 1.28. The molecule has 0 fully saturated rings. The van der Waals surface area contributed by atoms with Crippen molar-refractivity contribution in [3.05, 3.63) is 40.9 Å². The second-order valence-corrected chi connectivity index (χ2v) is 5.24. The summed E-state index contributed by atoms with van der Waals surface area (Å²) in [5.41, 5.74) is 0.390. The number of nitrogens with zero attached hydrogens (tertiary/aromatic N) is 1. The third-order valence-corrected chi connectivity index (χ3v) is 3.45. The largest absolute Gasteiger partial charge is 0.427 e. The first-order chi connectivity index (χ1) is 10.3. The van der Waals surface area contributed by atoms with Crippen LogP contribution in [-0.2, 0) is 11.0 Å². The van der Waals surface area contributed by atoms with Gasteiger partial charge in [-0.2, -0.15) is 13.2 Å². The molecule has 0 radical (unpaired) electrons. The van der Waals surface area contributed by atoms with Crippen LogP contribution in [0.2, 0.25) is 0 Å². The number of thiazole rings is 1. The van der Waals surface area contributed by atoms with E-state index in [0.29, 0.717) is 17.5 Å². The molecule has 0 saturated heterocycles. The summed E-state index contributed by atoms with van der Waals surface area (Å²) in [5.74, 6) is -1.03. The minimum Gasteiger partial charge on any atom is -0.326 e. The summed E-state index contributed by atoms with van der Waals surface area (Å²) >= 11 is 0.327. The lowest BCUT2D eigenvalue weighted by Gasteiger charge is -2.08. The quantitative estimate of drug-likeness (QED) is 0.907. The Kier molecular flexibility index (Phi) is 4.45. The Morgan fingerprint density at radius 3 is 2.45 bits per heavy atom. The second kappa shape index (κ2) is 6.14. The van der Waals surface area contributed by atoms with Crippen molar-refractivity contribution in [2.24, 2.45) is 0 Å². The van der Waals surface area contributed by atoms with E-state index >= 15 is 0 Å². The number of hydrogen-bond donors (Lipinski definition) is 2. The lowest BCUT2D eigenvalue weighted by molar-refractivity contribution is -0.134.